The number of carbonyl (C=O) groups is 1. The van der Waals surface area contributed by atoms with E-state index in [0.29, 0.717) is 21.6 Å². The molecule has 1 saturated heterocycles. The molecule has 1 aromatic heterocycles. The monoisotopic (exact) mass is 416 g/mol. The van der Waals surface area contributed by atoms with Gasteiger partial charge in [0.1, 0.15) is 11.2 Å². The molecule has 0 N–H and O–H groups in total. The smallest absolute Gasteiger partial charge is 0.239 e. The summed E-state index contributed by atoms with van der Waals surface area (Å²) in [5, 5.41) is 0.846. The van der Waals surface area contributed by atoms with Crippen LogP contribution in [-0.4, -0.2) is 16.6 Å². The first-order valence-corrected chi connectivity index (χ1v) is 9.09. The molecule has 0 aliphatic carbocycles. The molecule has 1 unspecified atom stereocenters. The molecule has 22 heavy (non-hydrogen) atoms. The zero-order valence-electron chi connectivity index (χ0n) is 11.5. The van der Waals surface area contributed by atoms with Gasteiger partial charge in [-0.2, -0.15) is 0 Å². The Morgan fingerprint density at radius 2 is 1.95 bits per heavy atom. The first kappa shape index (κ1) is 16.1. The van der Waals surface area contributed by atoms with Crippen molar-refractivity contribution in [2.24, 2.45) is 0 Å². The van der Waals surface area contributed by atoms with Gasteiger partial charge in [0.05, 0.1) is 11.4 Å². The molecule has 0 bridgehead atoms. The first-order valence-electron chi connectivity index (χ1n) is 6.50. The van der Waals surface area contributed by atoms with Crippen molar-refractivity contribution in [1.29, 1.82) is 0 Å². The van der Waals surface area contributed by atoms with Crippen LogP contribution >= 0.6 is 50.9 Å². The summed E-state index contributed by atoms with van der Waals surface area (Å²) in [6.07, 6.45) is 0. The van der Waals surface area contributed by atoms with Gasteiger partial charge in [-0.25, -0.2) is 4.98 Å². The quantitative estimate of drug-likeness (QED) is 0.669. The third kappa shape index (κ3) is 2.87. The number of pyridine rings is 1. The van der Waals surface area contributed by atoms with Gasteiger partial charge in [0.15, 0.2) is 0 Å². The Kier molecular flexibility index (Phi) is 4.69. The molecular weight excluding hydrogens is 407 g/mol. The number of amides is 1. The largest absolute Gasteiger partial charge is 0.279 e. The Morgan fingerprint density at radius 3 is 2.59 bits per heavy atom. The lowest BCUT2D eigenvalue weighted by Crippen LogP contribution is -2.29. The van der Waals surface area contributed by atoms with Gasteiger partial charge in [-0.3, -0.25) is 9.69 Å². The van der Waals surface area contributed by atoms with E-state index in [2.05, 4.69) is 20.9 Å². The van der Waals surface area contributed by atoms with E-state index in [1.54, 1.807) is 23.1 Å². The normalized spacial score (nSPS) is 18.1. The topological polar surface area (TPSA) is 33.2 Å². The molecule has 0 radical (unpaired) electrons. The van der Waals surface area contributed by atoms with E-state index in [1.165, 1.54) is 11.8 Å². The predicted octanol–water partition coefficient (Wildman–Crippen LogP) is 5.24. The van der Waals surface area contributed by atoms with Crippen LogP contribution in [0.5, 0.6) is 0 Å². The lowest BCUT2D eigenvalue weighted by Gasteiger charge is -2.25. The van der Waals surface area contributed by atoms with Crippen LogP contribution in [0.1, 0.15) is 16.6 Å². The molecule has 3 rings (SSSR count). The van der Waals surface area contributed by atoms with Gasteiger partial charge in [0, 0.05) is 20.1 Å². The highest BCUT2D eigenvalue weighted by Gasteiger charge is 2.37. The molecule has 1 aromatic carbocycles. The van der Waals surface area contributed by atoms with Gasteiger partial charge in [-0.05, 0) is 47.1 Å². The maximum atomic E-state index is 12.3. The van der Waals surface area contributed by atoms with Crippen LogP contribution < -0.4 is 4.90 Å². The molecule has 1 aliphatic heterocycles. The minimum atomic E-state index is -0.262. The van der Waals surface area contributed by atoms with Crippen LogP contribution in [0.2, 0.25) is 10.0 Å². The molecule has 114 valence electrons. The fourth-order valence-electron chi connectivity index (χ4n) is 2.30. The Labute approximate surface area is 151 Å². The molecule has 2 heterocycles. The van der Waals surface area contributed by atoms with E-state index >= 15 is 0 Å². The molecule has 1 fully saturated rings. The van der Waals surface area contributed by atoms with Crippen LogP contribution in [0, 0.1) is 6.92 Å². The number of halogens is 3. The Balaban J connectivity index is 2.08. The van der Waals surface area contributed by atoms with Gasteiger partial charge in [-0.15, -0.1) is 11.8 Å². The fourth-order valence-corrected chi connectivity index (χ4v) is 4.49. The molecular formula is C15H11BrCl2N2OS. The number of hydrogen-bond donors (Lipinski definition) is 0. The third-order valence-corrected chi connectivity index (χ3v) is 6.04. The summed E-state index contributed by atoms with van der Waals surface area (Å²) < 4.78 is 0.905. The number of benzene rings is 1. The first-order chi connectivity index (χ1) is 10.5. The number of carbonyl (C=O) groups excluding carboxylic acids is 1. The Morgan fingerprint density at radius 1 is 1.27 bits per heavy atom. The summed E-state index contributed by atoms with van der Waals surface area (Å²) in [4.78, 5) is 18.5. The summed E-state index contributed by atoms with van der Waals surface area (Å²) in [6.45, 7) is 1.89. The highest BCUT2D eigenvalue weighted by atomic mass is 79.9. The third-order valence-electron chi connectivity index (χ3n) is 3.37. The average Bonchev–Trinajstić information content (AvgIpc) is 2.84. The molecule has 0 spiro atoms. The maximum absolute atomic E-state index is 12.3. The van der Waals surface area contributed by atoms with Crippen molar-refractivity contribution in [3.05, 3.63) is 56.1 Å². The SMILES string of the molecule is Cc1nc(N2C(=O)CSC2c2c(Cl)cccc2Cl)ccc1Br. The zero-order valence-corrected chi connectivity index (χ0v) is 15.4. The number of aryl methyl sites for hydroxylation is 1. The Hall–Kier alpha value is -0.750. The van der Waals surface area contributed by atoms with Gasteiger partial charge >= 0.3 is 0 Å². The van der Waals surface area contributed by atoms with E-state index in [-0.39, 0.29) is 11.3 Å². The zero-order chi connectivity index (χ0) is 15.9. The molecule has 1 amide bonds. The number of rotatable bonds is 2. The fraction of sp³-hybridized carbons (Fsp3) is 0.200. The summed E-state index contributed by atoms with van der Waals surface area (Å²) in [7, 11) is 0. The van der Waals surface area contributed by atoms with E-state index in [1.807, 2.05) is 19.1 Å². The standard InChI is InChI=1S/C15H11BrCl2N2OS/c1-8-9(16)5-6-12(19-8)20-13(21)7-22-15(20)14-10(17)3-2-4-11(14)18/h2-6,15H,7H2,1H3. The van der Waals surface area contributed by atoms with Crippen molar-refractivity contribution in [1.82, 2.24) is 4.98 Å². The predicted molar refractivity (Wildman–Crippen MR) is 95.8 cm³/mol. The van der Waals surface area contributed by atoms with E-state index < -0.39 is 0 Å². The van der Waals surface area contributed by atoms with E-state index in [4.69, 9.17) is 23.2 Å². The second-order valence-electron chi connectivity index (χ2n) is 4.80. The summed E-state index contributed by atoms with van der Waals surface area (Å²) in [5.74, 6) is 0.986. The van der Waals surface area contributed by atoms with E-state index in [9.17, 15) is 4.79 Å². The lowest BCUT2D eigenvalue weighted by molar-refractivity contribution is -0.115. The van der Waals surface area contributed by atoms with E-state index in [0.717, 1.165) is 15.7 Å². The second-order valence-corrected chi connectivity index (χ2v) is 7.54. The van der Waals surface area contributed by atoms with Gasteiger partial charge < -0.3 is 0 Å². The number of thioether (sulfide) groups is 1. The Bertz CT molecular complexity index is 736. The average molecular weight is 418 g/mol. The van der Waals surface area contributed by atoms with Crippen LogP contribution in [0.4, 0.5) is 5.82 Å². The molecule has 1 aliphatic rings. The molecule has 7 heteroatoms. The number of hydrogen-bond acceptors (Lipinski definition) is 3. The molecule has 0 saturated carbocycles. The summed E-state index contributed by atoms with van der Waals surface area (Å²) in [6, 6.07) is 9.06. The highest BCUT2D eigenvalue weighted by Crippen LogP contribution is 2.46. The minimum absolute atomic E-state index is 0.000193. The van der Waals surface area contributed by atoms with Crippen molar-refractivity contribution < 1.29 is 4.79 Å². The van der Waals surface area contributed by atoms with Gasteiger partial charge in [0.25, 0.3) is 0 Å². The van der Waals surface area contributed by atoms with Crippen molar-refractivity contribution in [2.45, 2.75) is 12.3 Å². The van der Waals surface area contributed by atoms with Gasteiger partial charge in [0.2, 0.25) is 5.91 Å². The summed E-state index contributed by atoms with van der Waals surface area (Å²) in [5.41, 5.74) is 1.58. The molecule has 3 nitrogen and oxygen atoms in total. The number of aromatic nitrogens is 1. The van der Waals surface area contributed by atoms with Crippen LogP contribution in [0.3, 0.4) is 0 Å². The summed E-state index contributed by atoms with van der Waals surface area (Å²) >= 11 is 17.5. The van der Waals surface area contributed by atoms with Crippen molar-refractivity contribution in [3.8, 4) is 0 Å². The van der Waals surface area contributed by atoms with Crippen molar-refractivity contribution in [3.63, 3.8) is 0 Å². The van der Waals surface area contributed by atoms with Crippen LogP contribution in [-0.2, 0) is 4.79 Å². The van der Waals surface area contributed by atoms with Crippen molar-refractivity contribution in [2.75, 3.05) is 10.7 Å². The van der Waals surface area contributed by atoms with Crippen LogP contribution in [0.25, 0.3) is 0 Å². The van der Waals surface area contributed by atoms with Gasteiger partial charge in [-0.1, -0.05) is 29.3 Å². The number of nitrogens with zero attached hydrogens (tertiary/aromatic N) is 2. The highest BCUT2D eigenvalue weighted by molar-refractivity contribution is 9.10. The lowest BCUT2D eigenvalue weighted by atomic mass is 10.2. The van der Waals surface area contributed by atoms with Crippen molar-refractivity contribution >= 4 is 62.6 Å². The molecule has 1 atom stereocenters. The minimum Gasteiger partial charge on any atom is -0.279 e. The molecule has 2 aromatic rings. The van der Waals surface area contributed by atoms with Crippen LogP contribution in [0.15, 0.2) is 34.8 Å². The maximum Gasteiger partial charge on any atom is 0.239 e. The number of anilines is 1. The second kappa shape index (κ2) is 6.40.